The number of nitrogens with two attached hydrogens (primary N) is 1. The van der Waals surface area contributed by atoms with E-state index in [-0.39, 0.29) is 12.0 Å². The maximum Gasteiger partial charge on any atom is 0.222 e. The molecule has 0 saturated carbocycles. The lowest BCUT2D eigenvalue weighted by Crippen LogP contribution is -2.43. The van der Waals surface area contributed by atoms with Gasteiger partial charge in [0, 0.05) is 26.1 Å². The second-order valence-electron chi connectivity index (χ2n) is 4.23. The molecule has 0 spiro atoms. The molecule has 0 radical (unpaired) electrons. The Hall–Kier alpha value is -0.650. The van der Waals surface area contributed by atoms with Gasteiger partial charge in [0.05, 0.1) is 25.9 Å². The quantitative estimate of drug-likeness (QED) is 0.658. The normalized spacial score (nSPS) is 20.6. The van der Waals surface area contributed by atoms with Crippen molar-refractivity contribution < 1.29 is 14.3 Å². The molecule has 17 heavy (non-hydrogen) atoms. The number of piperidine rings is 1. The molecule has 0 aromatic heterocycles. The fraction of sp³-hybridized carbons (Fsp3) is 0.917. The Morgan fingerprint density at radius 1 is 1.41 bits per heavy atom. The standard InChI is InChI=1S/C12H24N2O3/c1-2-12(15)14-6-3-4-11(10-14)17-9-8-16-7-5-13/h11H,2-10,13H2,1H3. The zero-order chi connectivity index (χ0) is 12.5. The third kappa shape index (κ3) is 5.48. The molecule has 5 nitrogen and oxygen atoms in total. The topological polar surface area (TPSA) is 64.8 Å². The van der Waals surface area contributed by atoms with E-state index >= 15 is 0 Å². The SMILES string of the molecule is CCC(=O)N1CCCC(OCCOCCN)C1. The first-order valence-corrected chi connectivity index (χ1v) is 6.45. The molecule has 1 aliphatic heterocycles. The van der Waals surface area contributed by atoms with Crippen LogP contribution in [0.5, 0.6) is 0 Å². The van der Waals surface area contributed by atoms with Crippen molar-refractivity contribution in [2.75, 3.05) is 39.5 Å². The van der Waals surface area contributed by atoms with Crippen LogP contribution < -0.4 is 5.73 Å². The third-order valence-corrected chi connectivity index (χ3v) is 2.88. The van der Waals surface area contributed by atoms with Gasteiger partial charge < -0.3 is 20.1 Å². The first kappa shape index (κ1) is 14.4. The second-order valence-corrected chi connectivity index (χ2v) is 4.23. The maximum absolute atomic E-state index is 11.6. The molecule has 0 aromatic rings. The summed E-state index contributed by atoms with van der Waals surface area (Å²) in [7, 11) is 0. The molecule has 1 atom stereocenters. The van der Waals surface area contributed by atoms with Crippen LogP contribution in [0.2, 0.25) is 0 Å². The van der Waals surface area contributed by atoms with Crippen LogP contribution in [-0.4, -0.2) is 56.4 Å². The zero-order valence-corrected chi connectivity index (χ0v) is 10.7. The van der Waals surface area contributed by atoms with E-state index in [2.05, 4.69) is 0 Å². The van der Waals surface area contributed by atoms with Crippen molar-refractivity contribution in [3.63, 3.8) is 0 Å². The van der Waals surface area contributed by atoms with Crippen molar-refractivity contribution in [1.82, 2.24) is 4.90 Å². The largest absolute Gasteiger partial charge is 0.378 e. The van der Waals surface area contributed by atoms with Gasteiger partial charge in [0.15, 0.2) is 0 Å². The molecule has 100 valence electrons. The molecule has 0 aromatic carbocycles. The van der Waals surface area contributed by atoms with Crippen LogP contribution in [0.25, 0.3) is 0 Å². The fourth-order valence-electron chi connectivity index (χ4n) is 1.98. The van der Waals surface area contributed by atoms with Crippen molar-refractivity contribution >= 4 is 5.91 Å². The Balaban J connectivity index is 2.14. The molecule has 1 rings (SSSR count). The predicted molar refractivity (Wildman–Crippen MR) is 65.7 cm³/mol. The van der Waals surface area contributed by atoms with Crippen LogP contribution in [-0.2, 0) is 14.3 Å². The van der Waals surface area contributed by atoms with Gasteiger partial charge >= 0.3 is 0 Å². The highest BCUT2D eigenvalue weighted by Crippen LogP contribution is 2.13. The van der Waals surface area contributed by atoms with E-state index in [9.17, 15) is 4.79 Å². The molecule has 1 unspecified atom stereocenters. The summed E-state index contributed by atoms with van der Waals surface area (Å²) < 4.78 is 10.9. The predicted octanol–water partition coefficient (Wildman–Crippen LogP) is 0.379. The van der Waals surface area contributed by atoms with Crippen LogP contribution in [0.4, 0.5) is 0 Å². The summed E-state index contributed by atoms with van der Waals surface area (Å²) >= 11 is 0. The summed E-state index contributed by atoms with van der Waals surface area (Å²) in [6.07, 6.45) is 2.80. The van der Waals surface area contributed by atoms with Gasteiger partial charge in [-0.3, -0.25) is 4.79 Å². The Morgan fingerprint density at radius 3 is 2.94 bits per heavy atom. The monoisotopic (exact) mass is 244 g/mol. The number of rotatable bonds is 7. The number of carbonyl (C=O) groups excluding carboxylic acids is 1. The van der Waals surface area contributed by atoms with E-state index in [1.165, 1.54) is 0 Å². The van der Waals surface area contributed by atoms with E-state index in [0.717, 1.165) is 25.9 Å². The highest BCUT2D eigenvalue weighted by molar-refractivity contribution is 5.75. The Morgan fingerprint density at radius 2 is 2.24 bits per heavy atom. The molecular formula is C12H24N2O3. The van der Waals surface area contributed by atoms with Crippen LogP contribution in [0.1, 0.15) is 26.2 Å². The summed E-state index contributed by atoms with van der Waals surface area (Å²) in [5, 5.41) is 0. The second kappa shape index (κ2) is 8.44. The highest BCUT2D eigenvalue weighted by Gasteiger charge is 2.22. The van der Waals surface area contributed by atoms with Crippen molar-refractivity contribution in [2.45, 2.75) is 32.3 Å². The molecular weight excluding hydrogens is 220 g/mol. The molecule has 0 bridgehead atoms. The van der Waals surface area contributed by atoms with Crippen LogP contribution in [0, 0.1) is 0 Å². The Bertz CT molecular complexity index is 224. The smallest absolute Gasteiger partial charge is 0.222 e. The fourth-order valence-corrected chi connectivity index (χ4v) is 1.98. The Kier molecular flexibility index (Phi) is 7.16. The summed E-state index contributed by atoms with van der Waals surface area (Å²) in [5.74, 6) is 0.220. The van der Waals surface area contributed by atoms with Gasteiger partial charge in [-0.05, 0) is 12.8 Å². The third-order valence-electron chi connectivity index (χ3n) is 2.88. The van der Waals surface area contributed by atoms with E-state index in [4.69, 9.17) is 15.2 Å². The first-order chi connectivity index (χ1) is 8.27. The van der Waals surface area contributed by atoms with E-state index in [1.54, 1.807) is 0 Å². The maximum atomic E-state index is 11.6. The van der Waals surface area contributed by atoms with Crippen LogP contribution >= 0.6 is 0 Å². The van der Waals surface area contributed by atoms with Crippen LogP contribution in [0.15, 0.2) is 0 Å². The van der Waals surface area contributed by atoms with Gasteiger partial charge in [-0.25, -0.2) is 0 Å². The number of likely N-dealkylation sites (tertiary alicyclic amines) is 1. The minimum atomic E-state index is 0.167. The molecule has 1 saturated heterocycles. The molecule has 0 aliphatic carbocycles. The average molecular weight is 244 g/mol. The molecule has 1 heterocycles. The lowest BCUT2D eigenvalue weighted by Gasteiger charge is -2.32. The van der Waals surface area contributed by atoms with E-state index in [0.29, 0.717) is 32.8 Å². The van der Waals surface area contributed by atoms with E-state index in [1.807, 2.05) is 11.8 Å². The van der Waals surface area contributed by atoms with Crippen LogP contribution in [0.3, 0.4) is 0 Å². The minimum absolute atomic E-state index is 0.167. The number of carbonyl (C=O) groups is 1. The number of ether oxygens (including phenoxy) is 2. The number of hydrogen-bond donors (Lipinski definition) is 1. The lowest BCUT2D eigenvalue weighted by molar-refractivity contribution is -0.135. The van der Waals surface area contributed by atoms with Crippen molar-refractivity contribution in [2.24, 2.45) is 5.73 Å². The minimum Gasteiger partial charge on any atom is -0.378 e. The molecule has 5 heteroatoms. The van der Waals surface area contributed by atoms with Crippen molar-refractivity contribution in [3.05, 3.63) is 0 Å². The summed E-state index contributed by atoms with van der Waals surface area (Å²) in [6.45, 7) is 5.78. The molecule has 1 fully saturated rings. The summed E-state index contributed by atoms with van der Waals surface area (Å²) in [6, 6.07) is 0. The highest BCUT2D eigenvalue weighted by atomic mass is 16.5. The van der Waals surface area contributed by atoms with Gasteiger partial charge in [-0.2, -0.15) is 0 Å². The van der Waals surface area contributed by atoms with E-state index < -0.39 is 0 Å². The zero-order valence-electron chi connectivity index (χ0n) is 10.7. The van der Waals surface area contributed by atoms with Gasteiger partial charge in [0.2, 0.25) is 5.91 Å². The Labute approximate surface area is 103 Å². The number of amides is 1. The lowest BCUT2D eigenvalue weighted by atomic mass is 10.1. The molecule has 2 N–H and O–H groups in total. The van der Waals surface area contributed by atoms with Gasteiger partial charge in [0.25, 0.3) is 0 Å². The van der Waals surface area contributed by atoms with Crippen molar-refractivity contribution in [3.8, 4) is 0 Å². The van der Waals surface area contributed by atoms with Gasteiger partial charge in [-0.15, -0.1) is 0 Å². The average Bonchev–Trinajstić information content (AvgIpc) is 2.38. The van der Waals surface area contributed by atoms with Gasteiger partial charge in [-0.1, -0.05) is 6.92 Å². The molecule has 1 aliphatic rings. The van der Waals surface area contributed by atoms with Crippen molar-refractivity contribution in [1.29, 1.82) is 0 Å². The van der Waals surface area contributed by atoms with Gasteiger partial charge in [0.1, 0.15) is 0 Å². The molecule has 1 amide bonds. The first-order valence-electron chi connectivity index (χ1n) is 6.45. The summed E-state index contributed by atoms with van der Waals surface area (Å²) in [5.41, 5.74) is 5.31. The number of hydrogen-bond acceptors (Lipinski definition) is 4. The number of nitrogens with zero attached hydrogens (tertiary/aromatic N) is 1. The summed E-state index contributed by atoms with van der Waals surface area (Å²) in [4.78, 5) is 13.5.